The van der Waals surface area contributed by atoms with Crippen LogP contribution in [-0.4, -0.2) is 42.1 Å². The lowest BCUT2D eigenvalue weighted by molar-refractivity contribution is 0.0692. The molecule has 0 radical (unpaired) electrons. The third-order valence-corrected chi connectivity index (χ3v) is 3.50. The van der Waals surface area contributed by atoms with Gasteiger partial charge >= 0.3 is 12.0 Å². The van der Waals surface area contributed by atoms with Gasteiger partial charge in [0.2, 0.25) is 0 Å². The number of carbonyl (C=O) groups excluding carboxylic acids is 2. The molecule has 2 aromatic rings. The molecule has 150 valence electrons. The molecule has 0 aliphatic rings. The number of carboxylic acid groups (broad SMARTS) is 1. The maximum Gasteiger partial charge on any atom is 0.336 e. The molecule has 9 nitrogen and oxygen atoms in total. The van der Waals surface area contributed by atoms with Crippen molar-refractivity contribution in [3.8, 4) is 0 Å². The van der Waals surface area contributed by atoms with Gasteiger partial charge in [0.05, 0.1) is 28.1 Å². The zero-order valence-corrected chi connectivity index (χ0v) is 16.5. The number of nitrogens with two attached hydrogens (primary N) is 1. The predicted octanol–water partition coefficient (Wildman–Crippen LogP) is 2.92. The van der Waals surface area contributed by atoms with Gasteiger partial charge in [0.25, 0.3) is 10.1 Å². The molecule has 5 N–H and O–H groups in total. The average Bonchev–Trinajstić information content (AvgIpc) is 2.51. The van der Waals surface area contributed by atoms with Crippen molar-refractivity contribution in [2.45, 2.75) is 0 Å². The summed E-state index contributed by atoms with van der Waals surface area (Å²) < 4.78 is 25.9. The number of carboxylic acids is 1. The van der Waals surface area contributed by atoms with E-state index in [0.29, 0.717) is 11.3 Å². The summed E-state index contributed by atoms with van der Waals surface area (Å²) in [5.41, 5.74) is 4.58. The predicted molar refractivity (Wildman–Crippen MR) is 104 cm³/mol. The van der Waals surface area contributed by atoms with Crippen molar-refractivity contribution >= 4 is 56.8 Å². The summed E-state index contributed by atoms with van der Waals surface area (Å²) in [6, 6.07) is 7.25. The van der Waals surface area contributed by atoms with Crippen LogP contribution in [0.1, 0.15) is 26.3 Å². The number of rotatable bonds is 4. The fourth-order valence-corrected chi connectivity index (χ4v) is 2.51. The Labute approximate surface area is 169 Å². The van der Waals surface area contributed by atoms with Crippen LogP contribution in [0.4, 0.5) is 10.5 Å². The number of primary amides is 1. The van der Waals surface area contributed by atoms with Crippen LogP contribution >= 0.6 is 23.2 Å². The first-order valence-electron chi connectivity index (χ1n) is 7.16. The van der Waals surface area contributed by atoms with E-state index in [4.69, 9.17) is 33.5 Å². The number of benzene rings is 2. The summed E-state index contributed by atoms with van der Waals surface area (Å²) in [6.45, 7) is 0. The minimum absolute atomic E-state index is 0.0200. The number of halogens is 2. The van der Waals surface area contributed by atoms with E-state index < -0.39 is 27.9 Å². The number of anilines is 1. The van der Waals surface area contributed by atoms with E-state index in [1.807, 2.05) is 0 Å². The number of nitrogens with one attached hydrogen (secondary N) is 1. The Balaban J connectivity index is 0.000000696. The molecule has 0 fully saturated rings. The number of urea groups is 1. The van der Waals surface area contributed by atoms with E-state index in [-0.39, 0.29) is 27.4 Å². The fraction of sp³-hybridized carbons (Fsp3) is 0.0625. The van der Waals surface area contributed by atoms with E-state index in [0.717, 1.165) is 0 Å². The van der Waals surface area contributed by atoms with Gasteiger partial charge in [-0.2, -0.15) is 8.42 Å². The van der Waals surface area contributed by atoms with E-state index >= 15 is 0 Å². The Kier molecular flexibility index (Phi) is 7.94. The summed E-state index contributed by atoms with van der Waals surface area (Å²) in [7, 11) is -3.67. The van der Waals surface area contributed by atoms with E-state index in [1.165, 1.54) is 36.4 Å². The molecule has 0 spiro atoms. The van der Waals surface area contributed by atoms with E-state index in [1.54, 1.807) is 0 Å². The Hall–Kier alpha value is -2.66. The minimum Gasteiger partial charge on any atom is -0.478 e. The molecule has 2 aromatic carbocycles. The SMILES string of the molecule is CS(=O)(=O)O.NC(=O)Nc1cccc(C(=O)O)c1C(=O)c1ccc(Cl)cc1Cl. The summed E-state index contributed by atoms with van der Waals surface area (Å²) in [5, 5.41) is 11.9. The number of amides is 2. The number of carbonyl (C=O) groups is 3. The van der Waals surface area contributed by atoms with Crippen LogP contribution in [0.25, 0.3) is 0 Å². The van der Waals surface area contributed by atoms with Crippen LogP contribution in [0.2, 0.25) is 10.0 Å². The lowest BCUT2D eigenvalue weighted by atomic mass is 9.96. The molecule has 0 heterocycles. The topological polar surface area (TPSA) is 164 Å². The maximum atomic E-state index is 12.7. The van der Waals surface area contributed by atoms with Gasteiger partial charge in [0.15, 0.2) is 5.78 Å². The van der Waals surface area contributed by atoms with Crippen molar-refractivity contribution in [1.29, 1.82) is 0 Å². The standard InChI is InChI=1S/C15H10Cl2N2O4.CH4O3S/c16-7-4-5-8(10(17)6-7)13(20)12-9(14(21)22)2-1-3-11(12)19-15(18)23;1-5(2,3)4/h1-6H,(H,21,22)(H3,18,19,23);1H3,(H,2,3,4). The fourth-order valence-electron chi connectivity index (χ4n) is 2.02. The average molecular weight is 449 g/mol. The second-order valence-corrected chi connectivity index (χ2v) is 7.52. The van der Waals surface area contributed by atoms with Crippen LogP contribution < -0.4 is 11.1 Å². The highest BCUT2D eigenvalue weighted by molar-refractivity contribution is 7.85. The summed E-state index contributed by atoms with van der Waals surface area (Å²) in [4.78, 5) is 35.2. The molecule has 0 atom stereocenters. The molecule has 0 unspecified atom stereocenters. The number of ketones is 1. The molecule has 0 aliphatic carbocycles. The molecule has 0 aromatic heterocycles. The Morgan fingerprint density at radius 2 is 1.64 bits per heavy atom. The summed E-state index contributed by atoms with van der Waals surface area (Å²) >= 11 is 11.8. The van der Waals surface area contributed by atoms with Crippen molar-refractivity contribution in [3.05, 3.63) is 63.1 Å². The van der Waals surface area contributed by atoms with Gasteiger partial charge < -0.3 is 16.2 Å². The quantitative estimate of drug-likeness (QED) is 0.412. The third-order valence-electron chi connectivity index (χ3n) is 2.96. The lowest BCUT2D eigenvalue weighted by Crippen LogP contribution is -2.22. The molecule has 2 amide bonds. The third kappa shape index (κ3) is 7.16. The van der Waals surface area contributed by atoms with Gasteiger partial charge in [-0.1, -0.05) is 29.3 Å². The second-order valence-electron chi connectivity index (χ2n) is 5.21. The largest absolute Gasteiger partial charge is 0.478 e. The summed E-state index contributed by atoms with van der Waals surface area (Å²) in [5.74, 6) is -2.00. The highest BCUT2D eigenvalue weighted by atomic mass is 35.5. The molecule has 28 heavy (non-hydrogen) atoms. The maximum absolute atomic E-state index is 12.7. The van der Waals surface area contributed by atoms with Gasteiger partial charge in [0.1, 0.15) is 0 Å². The van der Waals surface area contributed by atoms with Crippen molar-refractivity contribution in [1.82, 2.24) is 0 Å². The van der Waals surface area contributed by atoms with Crippen LogP contribution in [0.15, 0.2) is 36.4 Å². The Morgan fingerprint density at radius 1 is 1.07 bits per heavy atom. The zero-order valence-electron chi connectivity index (χ0n) is 14.1. The van der Waals surface area contributed by atoms with Crippen molar-refractivity contribution < 1.29 is 32.5 Å². The van der Waals surface area contributed by atoms with Crippen LogP contribution in [0, 0.1) is 0 Å². The van der Waals surface area contributed by atoms with E-state index in [9.17, 15) is 27.9 Å². The van der Waals surface area contributed by atoms with Gasteiger partial charge in [-0.25, -0.2) is 9.59 Å². The van der Waals surface area contributed by atoms with Gasteiger partial charge in [0, 0.05) is 10.6 Å². The number of hydrogen-bond acceptors (Lipinski definition) is 5. The Bertz CT molecular complexity index is 1030. The first kappa shape index (κ1) is 23.4. The molecule has 2 rings (SSSR count). The van der Waals surface area contributed by atoms with Crippen LogP contribution in [0.3, 0.4) is 0 Å². The van der Waals surface area contributed by atoms with Crippen LogP contribution in [-0.2, 0) is 10.1 Å². The van der Waals surface area contributed by atoms with E-state index in [2.05, 4.69) is 5.32 Å². The van der Waals surface area contributed by atoms with Gasteiger partial charge in [-0.3, -0.25) is 9.35 Å². The van der Waals surface area contributed by atoms with Gasteiger partial charge in [-0.05, 0) is 30.3 Å². The first-order valence-corrected chi connectivity index (χ1v) is 9.76. The van der Waals surface area contributed by atoms with Crippen molar-refractivity contribution in [2.75, 3.05) is 11.6 Å². The molecular formula is C16H14Cl2N2O7S. The highest BCUT2D eigenvalue weighted by Crippen LogP contribution is 2.28. The van der Waals surface area contributed by atoms with Crippen molar-refractivity contribution in [3.63, 3.8) is 0 Å². The molecule has 0 aliphatic heterocycles. The monoisotopic (exact) mass is 448 g/mol. The minimum atomic E-state index is -3.67. The molecule has 0 bridgehead atoms. The molecular weight excluding hydrogens is 435 g/mol. The van der Waals surface area contributed by atoms with Crippen molar-refractivity contribution in [2.24, 2.45) is 5.73 Å². The molecule has 0 saturated heterocycles. The highest BCUT2D eigenvalue weighted by Gasteiger charge is 2.24. The molecule has 12 heteroatoms. The summed E-state index contributed by atoms with van der Waals surface area (Å²) in [6.07, 6.45) is 0.715. The van der Waals surface area contributed by atoms with Crippen LogP contribution in [0.5, 0.6) is 0 Å². The zero-order chi connectivity index (χ0) is 21.6. The number of hydrogen-bond donors (Lipinski definition) is 4. The first-order chi connectivity index (χ1) is 12.8. The second kappa shape index (κ2) is 9.51. The normalized spacial score (nSPS) is 10.4. The lowest BCUT2D eigenvalue weighted by Gasteiger charge is -2.12. The number of aromatic carboxylic acids is 1. The molecule has 0 saturated carbocycles. The Morgan fingerprint density at radius 3 is 2.11 bits per heavy atom. The smallest absolute Gasteiger partial charge is 0.336 e. The van der Waals surface area contributed by atoms with Gasteiger partial charge in [-0.15, -0.1) is 0 Å².